The summed E-state index contributed by atoms with van der Waals surface area (Å²) in [6, 6.07) is 10.1. The summed E-state index contributed by atoms with van der Waals surface area (Å²) in [7, 11) is -7.41. The molecule has 0 aliphatic heterocycles. The van der Waals surface area contributed by atoms with Gasteiger partial charge in [-0.25, -0.2) is 18.0 Å². The molecule has 16 heteroatoms. The zero-order chi connectivity index (χ0) is 25.6. The summed E-state index contributed by atoms with van der Waals surface area (Å²) < 4.78 is 61.9. The van der Waals surface area contributed by atoms with E-state index in [1.54, 1.807) is 12.1 Å². The van der Waals surface area contributed by atoms with Crippen LogP contribution in [0.1, 0.15) is 11.3 Å². The molecular formula is C19H21BrFN7O5S2. The van der Waals surface area contributed by atoms with Gasteiger partial charge in [0, 0.05) is 25.0 Å². The summed E-state index contributed by atoms with van der Waals surface area (Å²) in [6.07, 6.45) is 1.17. The number of aryl methyl sites for hydroxylation is 1. The van der Waals surface area contributed by atoms with Gasteiger partial charge in [-0.2, -0.15) is 8.42 Å². The first kappa shape index (κ1) is 26.5. The second kappa shape index (κ2) is 11.1. The Bertz CT molecular complexity index is 1450. The molecule has 1 atom stereocenters. The minimum atomic E-state index is -4.12. The minimum Gasteiger partial charge on any atom is -0.409 e. The normalized spacial score (nSPS) is 13.8. The highest BCUT2D eigenvalue weighted by molar-refractivity contribution is 9.10. The Morgan fingerprint density at radius 1 is 1.14 bits per heavy atom. The summed E-state index contributed by atoms with van der Waals surface area (Å²) in [4.78, 5) is -0.0626. The fourth-order valence-electron chi connectivity index (χ4n) is 2.69. The molecule has 0 saturated heterocycles. The fraction of sp³-hybridized carbons (Fsp3) is 0.211. The van der Waals surface area contributed by atoms with E-state index in [0.717, 1.165) is 5.56 Å². The average Bonchev–Trinajstić information content (AvgIpc) is 3.25. The molecular weight excluding hydrogens is 569 g/mol. The molecule has 0 aliphatic rings. The van der Waals surface area contributed by atoms with E-state index in [1.165, 1.54) is 36.6 Å². The number of hydrogen-bond acceptors (Lipinski definition) is 9. The van der Waals surface area contributed by atoms with Gasteiger partial charge in [0.05, 0.1) is 9.37 Å². The lowest BCUT2D eigenvalue weighted by atomic mass is 10.2. The Kier molecular flexibility index (Phi) is 8.42. The van der Waals surface area contributed by atoms with Crippen LogP contribution in [0.2, 0.25) is 0 Å². The number of benzene rings is 2. The first-order valence-electron chi connectivity index (χ1n) is 9.81. The van der Waals surface area contributed by atoms with Crippen LogP contribution in [0.4, 0.5) is 15.9 Å². The first-order chi connectivity index (χ1) is 16.5. The molecule has 4 N–H and O–H groups in total. The number of aromatic nitrogens is 2. The second-order valence-electron chi connectivity index (χ2n) is 7.15. The molecule has 0 amide bonds. The van der Waals surface area contributed by atoms with Crippen molar-refractivity contribution < 1.29 is 26.9 Å². The molecule has 1 heterocycles. The van der Waals surface area contributed by atoms with Crippen LogP contribution in [0, 0.1) is 12.7 Å². The molecule has 1 unspecified atom stereocenters. The van der Waals surface area contributed by atoms with Gasteiger partial charge < -0.3 is 15.8 Å². The van der Waals surface area contributed by atoms with Gasteiger partial charge in [0.15, 0.2) is 5.69 Å². The van der Waals surface area contributed by atoms with Crippen molar-refractivity contribution in [3.8, 4) is 0 Å². The second-order valence-corrected chi connectivity index (χ2v) is 11.9. The standard InChI is InChI=1S/C19H21BrFN7O5S2/c1-12-3-6-14(7-4-12)35(31,32)28-34(2,30)23-10-9-22-18-17(26-33-27-18)19(25-29)24-13-5-8-16(21)15(20)11-13/h3-8,11,29H,9-10H2,1-2H3,(H,22,27)(H,24,25)(H,23,28,30). The molecule has 3 rings (SSSR count). The maximum absolute atomic E-state index is 13.4. The summed E-state index contributed by atoms with van der Waals surface area (Å²) in [5.41, 5.74) is 1.28. The number of amidine groups is 1. The summed E-state index contributed by atoms with van der Waals surface area (Å²) in [6.45, 7) is 1.94. The van der Waals surface area contributed by atoms with Crippen LogP contribution in [-0.2, 0) is 19.9 Å². The monoisotopic (exact) mass is 589 g/mol. The molecule has 0 spiro atoms. The van der Waals surface area contributed by atoms with E-state index in [0.29, 0.717) is 5.69 Å². The quantitative estimate of drug-likeness (QED) is 0.0962. The van der Waals surface area contributed by atoms with Crippen molar-refractivity contribution in [1.82, 2.24) is 15.0 Å². The smallest absolute Gasteiger partial charge is 0.291 e. The molecule has 0 bridgehead atoms. The number of oxime groups is 1. The maximum Gasteiger partial charge on any atom is 0.291 e. The van der Waals surface area contributed by atoms with E-state index in [4.69, 9.17) is 4.63 Å². The summed E-state index contributed by atoms with van der Waals surface area (Å²) >= 11 is 3.06. The van der Waals surface area contributed by atoms with Gasteiger partial charge >= 0.3 is 0 Å². The number of anilines is 2. The molecule has 12 nitrogen and oxygen atoms in total. The largest absolute Gasteiger partial charge is 0.409 e. The van der Waals surface area contributed by atoms with E-state index in [1.807, 2.05) is 6.92 Å². The molecule has 0 fully saturated rings. The lowest BCUT2D eigenvalue weighted by molar-refractivity contribution is 0.305. The number of hydrogen-bond donors (Lipinski definition) is 4. The van der Waals surface area contributed by atoms with Crippen molar-refractivity contribution in [2.24, 2.45) is 8.92 Å². The number of nitrogens with one attached hydrogen (secondary N) is 3. The Labute approximate surface area is 209 Å². The lowest BCUT2D eigenvalue weighted by Crippen LogP contribution is -2.29. The molecule has 2 aromatic carbocycles. The van der Waals surface area contributed by atoms with Gasteiger partial charge in [0.25, 0.3) is 10.0 Å². The van der Waals surface area contributed by atoms with E-state index in [9.17, 15) is 22.2 Å². The third kappa shape index (κ3) is 7.20. The van der Waals surface area contributed by atoms with Gasteiger partial charge in [0.2, 0.25) is 11.7 Å². The zero-order valence-electron chi connectivity index (χ0n) is 18.4. The highest BCUT2D eigenvalue weighted by atomic mass is 79.9. The molecule has 0 saturated carbocycles. The van der Waals surface area contributed by atoms with Crippen molar-refractivity contribution in [2.45, 2.75) is 11.8 Å². The third-order valence-electron chi connectivity index (χ3n) is 4.34. The highest BCUT2D eigenvalue weighted by Crippen LogP contribution is 2.21. The van der Waals surface area contributed by atoms with Crippen molar-refractivity contribution in [2.75, 3.05) is 30.0 Å². The van der Waals surface area contributed by atoms with Crippen molar-refractivity contribution in [3.63, 3.8) is 0 Å². The van der Waals surface area contributed by atoms with Crippen molar-refractivity contribution >= 4 is 53.2 Å². The SMILES string of the molecule is Cc1ccc(S(=O)(=O)N=S(C)(=O)NCCNc2nonc2/C(=N/O)Nc2ccc(F)c(Br)c2)cc1. The van der Waals surface area contributed by atoms with Crippen LogP contribution in [0.25, 0.3) is 0 Å². The van der Waals surface area contributed by atoms with E-state index >= 15 is 0 Å². The molecule has 3 aromatic rings. The van der Waals surface area contributed by atoms with Crippen LogP contribution in [0.3, 0.4) is 0 Å². The lowest BCUT2D eigenvalue weighted by Gasteiger charge is -2.10. The average molecular weight is 590 g/mol. The number of rotatable bonds is 9. The van der Waals surface area contributed by atoms with Gasteiger partial charge in [-0.05, 0) is 63.5 Å². The van der Waals surface area contributed by atoms with Crippen LogP contribution in [0.15, 0.2) is 65.4 Å². The fourth-order valence-corrected chi connectivity index (χ4v) is 6.08. The van der Waals surface area contributed by atoms with Crippen LogP contribution < -0.4 is 15.4 Å². The van der Waals surface area contributed by atoms with E-state index in [2.05, 4.69) is 50.5 Å². The summed E-state index contributed by atoms with van der Waals surface area (Å²) in [5.74, 6) is -0.527. The van der Waals surface area contributed by atoms with Crippen LogP contribution in [-0.4, -0.2) is 53.3 Å². The van der Waals surface area contributed by atoms with E-state index < -0.39 is 25.8 Å². The molecule has 35 heavy (non-hydrogen) atoms. The molecule has 0 aliphatic carbocycles. The number of halogens is 2. The zero-order valence-corrected chi connectivity index (χ0v) is 21.6. The van der Waals surface area contributed by atoms with E-state index in [-0.39, 0.29) is 39.8 Å². The number of sulfonamides is 1. The molecule has 1 aromatic heterocycles. The predicted molar refractivity (Wildman–Crippen MR) is 132 cm³/mol. The van der Waals surface area contributed by atoms with Crippen LogP contribution in [0.5, 0.6) is 0 Å². The predicted octanol–water partition coefficient (Wildman–Crippen LogP) is 2.93. The Morgan fingerprint density at radius 3 is 2.51 bits per heavy atom. The van der Waals surface area contributed by atoms with Crippen molar-refractivity contribution in [1.29, 1.82) is 0 Å². The van der Waals surface area contributed by atoms with Gasteiger partial charge in [-0.3, -0.25) is 0 Å². The van der Waals surface area contributed by atoms with Gasteiger partial charge in [-0.1, -0.05) is 26.6 Å². The topological polar surface area (TPSA) is 171 Å². The Hall–Kier alpha value is -3.08. The van der Waals surface area contributed by atoms with Gasteiger partial charge in [-0.15, -0.1) is 0 Å². The Balaban J connectivity index is 1.62. The van der Waals surface area contributed by atoms with Crippen LogP contribution >= 0.6 is 15.9 Å². The van der Waals surface area contributed by atoms with Crippen molar-refractivity contribution in [3.05, 3.63) is 64.0 Å². The molecule has 188 valence electrons. The third-order valence-corrected chi connectivity index (χ3v) is 8.48. The Morgan fingerprint density at radius 2 is 1.86 bits per heavy atom. The maximum atomic E-state index is 13.4. The minimum absolute atomic E-state index is 0.0109. The summed E-state index contributed by atoms with van der Waals surface area (Å²) in [5, 5.41) is 25.5. The van der Waals surface area contributed by atoms with Gasteiger partial charge in [0.1, 0.15) is 15.7 Å². The highest BCUT2D eigenvalue weighted by Gasteiger charge is 2.19. The number of nitrogens with zero attached hydrogens (tertiary/aromatic N) is 4. The first-order valence-corrected chi connectivity index (χ1v) is 14.0. The molecule has 0 radical (unpaired) electrons.